The molecule has 0 aliphatic heterocycles. The van der Waals surface area contributed by atoms with Crippen molar-refractivity contribution in [1.29, 1.82) is 0 Å². The Hall–Kier alpha value is -2.76. The van der Waals surface area contributed by atoms with E-state index in [0.717, 1.165) is 22.8 Å². The number of nitrogens with zero attached hydrogens (tertiary/aromatic N) is 4. The van der Waals surface area contributed by atoms with Crippen LogP contribution in [0.4, 0.5) is 11.6 Å². The van der Waals surface area contributed by atoms with Crippen LogP contribution in [0.25, 0.3) is 5.65 Å². The average Bonchev–Trinajstić information content (AvgIpc) is 2.95. The summed E-state index contributed by atoms with van der Waals surface area (Å²) in [6.07, 6.45) is 5.35. The van der Waals surface area contributed by atoms with Crippen LogP contribution in [-0.4, -0.2) is 28.5 Å². The van der Waals surface area contributed by atoms with Gasteiger partial charge in [0.1, 0.15) is 11.6 Å². The summed E-state index contributed by atoms with van der Waals surface area (Å²) in [5.74, 6) is 2.08. The van der Waals surface area contributed by atoms with Crippen molar-refractivity contribution >= 4 is 17.3 Å². The van der Waals surface area contributed by atoms with Crippen LogP contribution in [0.5, 0.6) is 5.75 Å². The summed E-state index contributed by atoms with van der Waals surface area (Å²) in [5, 5.41) is 0. The SMILES string of the molecule is COc1ccc(CN(C)c2nc(N)cn3ccnc23)cc1. The van der Waals surface area contributed by atoms with Crippen LogP contribution in [0.15, 0.2) is 42.9 Å². The molecule has 21 heavy (non-hydrogen) atoms. The van der Waals surface area contributed by atoms with Crippen LogP contribution in [0.2, 0.25) is 0 Å². The molecule has 0 saturated carbocycles. The lowest BCUT2D eigenvalue weighted by molar-refractivity contribution is 0.414. The maximum atomic E-state index is 5.85. The first-order chi connectivity index (χ1) is 10.2. The molecular formula is C15H17N5O. The van der Waals surface area contributed by atoms with E-state index in [1.165, 1.54) is 0 Å². The Labute approximate surface area is 122 Å². The van der Waals surface area contributed by atoms with E-state index < -0.39 is 0 Å². The fraction of sp³-hybridized carbons (Fsp3) is 0.200. The zero-order valence-electron chi connectivity index (χ0n) is 12.0. The molecule has 2 aromatic heterocycles. The molecule has 3 aromatic rings. The lowest BCUT2D eigenvalue weighted by Crippen LogP contribution is -2.19. The van der Waals surface area contributed by atoms with Gasteiger partial charge in [0.25, 0.3) is 0 Å². The molecule has 108 valence electrons. The summed E-state index contributed by atoms with van der Waals surface area (Å²) in [5.41, 5.74) is 7.80. The van der Waals surface area contributed by atoms with Gasteiger partial charge in [-0.3, -0.25) is 0 Å². The zero-order valence-corrected chi connectivity index (χ0v) is 12.0. The number of anilines is 2. The van der Waals surface area contributed by atoms with Gasteiger partial charge < -0.3 is 19.8 Å². The van der Waals surface area contributed by atoms with Crippen molar-refractivity contribution < 1.29 is 4.74 Å². The third-order valence-electron chi connectivity index (χ3n) is 3.32. The number of methoxy groups -OCH3 is 1. The Kier molecular flexibility index (Phi) is 3.35. The molecule has 6 heteroatoms. The molecule has 1 aromatic carbocycles. The van der Waals surface area contributed by atoms with Gasteiger partial charge in [0.2, 0.25) is 0 Å². The molecule has 0 amide bonds. The van der Waals surface area contributed by atoms with Crippen LogP contribution >= 0.6 is 0 Å². The Morgan fingerprint density at radius 2 is 2.05 bits per heavy atom. The second-order valence-corrected chi connectivity index (χ2v) is 4.85. The molecule has 0 spiro atoms. The van der Waals surface area contributed by atoms with Gasteiger partial charge in [-0.15, -0.1) is 0 Å². The molecule has 2 heterocycles. The third kappa shape index (κ3) is 2.60. The fourth-order valence-electron chi connectivity index (χ4n) is 2.27. The van der Waals surface area contributed by atoms with E-state index >= 15 is 0 Å². The van der Waals surface area contributed by atoms with Crippen LogP contribution in [-0.2, 0) is 6.54 Å². The molecule has 0 fully saturated rings. The minimum absolute atomic E-state index is 0.470. The van der Waals surface area contributed by atoms with Crippen molar-refractivity contribution in [1.82, 2.24) is 14.4 Å². The number of ether oxygens (including phenoxy) is 1. The molecule has 6 nitrogen and oxygen atoms in total. The van der Waals surface area contributed by atoms with Gasteiger partial charge >= 0.3 is 0 Å². The van der Waals surface area contributed by atoms with Crippen molar-refractivity contribution in [3.63, 3.8) is 0 Å². The molecule has 2 N–H and O–H groups in total. The van der Waals surface area contributed by atoms with Gasteiger partial charge in [0.15, 0.2) is 11.5 Å². The smallest absolute Gasteiger partial charge is 0.180 e. The second-order valence-electron chi connectivity index (χ2n) is 4.85. The molecule has 0 atom stereocenters. The van der Waals surface area contributed by atoms with Crippen molar-refractivity contribution in [2.45, 2.75) is 6.54 Å². The predicted octanol–water partition coefficient (Wildman–Crippen LogP) is 1.96. The maximum absolute atomic E-state index is 5.85. The Balaban J connectivity index is 1.89. The van der Waals surface area contributed by atoms with Crippen LogP contribution in [0.3, 0.4) is 0 Å². The van der Waals surface area contributed by atoms with Crippen LogP contribution < -0.4 is 15.4 Å². The topological polar surface area (TPSA) is 68.7 Å². The lowest BCUT2D eigenvalue weighted by Gasteiger charge is -2.19. The largest absolute Gasteiger partial charge is 0.497 e. The summed E-state index contributed by atoms with van der Waals surface area (Å²) in [6, 6.07) is 7.96. The number of benzene rings is 1. The number of hydrogen-bond donors (Lipinski definition) is 1. The van der Waals surface area contributed by atoms with E-state index in [1.54, 1.807) is 19.5 Å². The normalized spacial score (nSPS) is 10.8. The van der Waals surface area contributed by atoms with Gasteiger partial charge in [0, 0.05) is 26.0 Å². The average molecular weight is 283 g/mol. The highest BCUT2D eigenvalue weighted by Gasteiger charge is 2.11. The molecule has 0 aliphatic rings. The Bertz CT molecular complexity index is 750. The van der Waals surface area contributed by atoms with E-state index in [-0.39, 0.29) is 0 Å². The van der Waals surface area contributed by atoms with E-state index in [1.807, 2.05) is 46.8 Å². The summed E-state index contributed by atoms with van der Waals surface area (Å²) in [6.45, 7) is 0.711. The molecule has 0 aliphatic carbocycles. The maximum Gasteiger partial charge on any atom is 0.180 e. The molecule has 0 bridgehead atoms. The first-order valence-electron chi connectivity index (χ1n) is 6.60. The summed E-state index contributed by atoms with van der Waals surface area (Å²) in [4.78, 5) is 10.8. The zero-order chi connectivity index (χ0) is 14.8. The number of nitrogens with two attached hydrogens (primary N) is 1. The number of aromatic nitrogens is 3. The second kappa shape index (κ2) is 5.32. The minimum atomic E-state index is 0.470. The number of imidazole rings is 1. The Morgan fingerprint density at radius 1 is 1.29 bits per heavy atom. The van der Waals surface area contributed by atoms with Gasteiger partial charge in [0.05, 0.1) is 13.3 Å². The highest BCUT2D eigenvalue weighted by Crippen LogP contribution is 2.21. The van der Waals surface area contributed by atoms with Crippen LogP contribution in [0.1, 0.15) is 5.56 Å². The minimum Gasteiger partial charge on any atom is -0.497 e. The number of nitrogen functional groups attached to an aromatic ring is 1. The monoisotopic (exact) mass is 283 g/mol. The van der Waals surface area contributed by atoms with E-state index in [9.17, 15) is 0 Å². The van der Waals surface area contributed by atoms with Gasteiger partial charge in [-0.2, -0.15) is 0 Å². The first kappa shape index (κ1) is 13.2. The summed E-state index contributed by atoms with van der Waals surface area (Å²) < 4.78 is 7.04. The number of hydrogen-bond acceptors (Lipinski definition) is 5. The molecule has 3 rings (SSSR count). The van der Waals surface area contributed by atoms with Crippen molar-refractivity contribution in [3.8, 4) is 5.75 Å². The van der Waals surface area contributed by atoms with E-state index in [2.05, 4.69) is 9.97 Å². The third-order valence-corrected chi connectivity index (χ3v) is 3.32. The van der Waals surface area contributed by atoms with Crippen molar-refractivity contribution in [2.24, 2.45) is 0 Å². The van der Waals surface area contributed by atoms with Crippen LogP contribution in [0, 0.1) is 0 Å². The summed E-state index contributed by atoms with van der Waals surface area (Å²) in [7, 11) is 3.63. The van der Waals surface area contributed by atoms with E-state index in [4.69, 9.17) is 10.5 Å². The first-order valence-corrected chi connectivity index (χ1v) is 6.60. The molecular weight excluding hydrogens is 266 g/mol. The predicted molar refractivity (Wildman–Crippen MR) is 82.5 cm³/mol. The molecule has 0 saturated heterocycles. The highest BCUT2D eigenvalue weighted by molar-refractivity contribution is 5.66. The van der Waals surface area contributed by atoms with Gasteiger partial charge in [-0.05, 0) is 17.7 Å². The highest BCUT2D eigenvalue weighted by atomic mass is 16.5. The van der Waals surface area contributed by atoms with Gasteiger partial charge in [-0.1, -0.05) is 12.1 Å². The fourth-order valence-corrected chi connectivity index (χ4v) is 2.27. The Morgan fingerprint density at radius 3 is 2.76 bits per heavy atom. The summed E-state index contributed by atoms with van der Waals surface area (Å²) >= 11 is 0. The van der Waals surface area contributed by atoms with Gasteiger partial charge in [-0.25, -0.2) is 9.97 Å². The number of rotatable bonds is 4. The standard InChI is InChI=1S/C15H17N5O/c1-19(9-11-3-5-12(21-2)6-4-11)15-14-17-7-8-20(14)10-13(16)18-15/h3-8,10H,9,16H2,1-2H3. The van der Waals surface area contributed by atoms with Crippen molar-refractivity contribution in [2.75, 3.05) is 24.8 Å². The van der Waals surface area contributed by atoms with Crippen molar-refractivity contribution in [3.05, 3.63) is 48.4 Å². The quantitative estimate of drug-likeness (QED) is 0.792. The van der Waals surface area contributed by atoms with E-state index in [0.29, 0.717) is 12.4 Å². The molecule has 0 unspecified atom stereocenters. The number of fused-ring (bicyclic) bond motifs is 1. The molecule has 0 radical (unpaired) electrons. The lowest BCUT2D eigenvalue weighted by atomic mass is 10.2.